The van der Waals surface area contributed by atoms with Gasteiger partial charge in [0, 0.05) is 12.0 Å². The van der Waals surface area contributed by atoms with Gasteiger partial charge >= 0.3 is 18.3 Å². The zero-order chi connectivity index (χ0) is 22.7. The number of halogens is 6. The van der Waals surface area contributed by atoms with Crippen molar-refractivity contribution in [3.05, 3.63) is 70.3 Å². The number of alkyl halides is 6. The van der Waals surface area contributed by atoms with Crippen LogP contribution < -0.4 is 5.32 Å². The number of nitrogens with zero attached hydrogens (tertiary/aromatic N) is 1. The van der Waals surface area contributed by atoms with Gasteiger partial charge in [-0.3, -0.25) is 4.79 Å². The number of nitrogens with one attached hydrogen (secondary N) is 1. The Hall–Kier alpha value is -3.55. The molecule has 2 aromatic carbocycles. The molecule has 2 rings (SSSR count). The quantitative estimate of drug-likeness (QED) is 0.702. The highest BCUT2D eigenvalue weighted by molar-refractivity contribution is 5.97. The predicted molar refractivity (Wildman–Crippen MR) is 90.2 cm³/mol. The van der Waals surface area contributed by atoms with E-state index in [1.807, 2.05) is 11.4 Å². The summed E-state index contributed by atoms with van der Waals surface area (Å²) in [6, 6.07) is 6.10. The van der Waals surface area contributed by atoms with Crippen LogP contribution in [-0.4, -0.2) is 23.0 Å². The molecular formula is C19H12F6N2O3. The van der Waals surface area contributed by atoms with E-state index in [1.54, 1.807) is 0 Å². The van der Waals surface area contributed by atoms with Gasteiger partial charge in [-0.15, -0.1) is 0 Å². The van der Waals surface area contributed by atoms with E-state index in [9.17, 15) is 41.0 Å². The Labute approximate surface area is 165 Å². The summed E-state index contributed by atoms with van der Waals surface area (Å²) >= 11 is 0. The highest BCUT2D eigenvalue weighted by atomic mass is 19.4. The first-order valence-corrected chi connectivity index (χ1v) is 8.13. The number of amides is 1. The van der Waals surface area contributed by atoms with Crippen molar-refractivity contribution in [2.24, 2.45) is 0 Å². The Morgan fingerprint density at radius 3 is 1.87 bits per heavy atom. The number of nitriles is 1. The van der Waals surface area contributed by atoms with Gasteiger partial charge < -0.3 is 10.4 Å². The molecule has 0 saturated heterocycles. The zero-order valence-electron chi connectivity index (χ0n) is 14.8. The molecule has 0 bridgehead atoms. The van der Waals surface area contributed by atoms with Crippen molar-refractivity contribution in [2.75, 3.05) is 0 Å². The maximum atomic E-state index is 12.9. The summed E-state index contributed by atoms with van der Waals surface area (Å²) in [6.07, 6.45) is -10.6. The summed E-state index contributed by atoms with van der Waals surface area (Å²) in [5.41, 5.74) is -3.70. The van der Waals surface area contributed by atoms with Crippen LogP contribution in [0.1, 0.15) is 32.6 Å². The number of hydrogen-bond donors (Lipinski definition) is 2. The summed E-state index contributed by atoms with van der Waals surface area (Å²) < 4.78 is 77.5. The van der Waals surface area contributed by atoms with Crippen molar-refractivity contribution >= 4 is 11.9 Å². The van der Waals surface area contributed by atoms with Crippen molar-refractivity contribution in [2.45, 2.75) is 24.8 Å². The van der Waals surface area contributed by atoms with Gasteiger partial charge in [0.1, 0.15) is 6.04 Å². The molecule has 0 saturated carbocycles. The Balaban J connectivity index is 2.32. The standard InChI is InChI=1S/C19H12F6N2O3/c20-18(21,22)13-6-12(7-14(8-13)19(23,24)25)16(28)27-15(17(29)30)5-10-1-3-11(9-26)4-2-10/h1-4,6-8,15H,5H2,(H,27,28)(H,29,30)/t15-/m1/s1. The third kappa shape index (κ3) is 5.73. The van der Waals surface area contributed by atoms with Gasteiger partial charge in [0.2, 0.25) is 0 Å². The van der Waals surface area contributed by atoms with E-state index >= 15 is 0 Å². The SMILES string of the molecule is N#Cc1ccc(C[C@@H](NC(=O)c2cc(C(F)(F)F)cc(C(F)(F)F)c2)C(=O)O)cc1. The number of carbonyl (C=O) groups excluding carboxylic acids is 1. The van der Waals surface area contributed by atoms with Crippen LogP contribution in [-0.2, 0) is 23.6 Å². The van der Waals surface area contributed by atoms with Gasteiger partial charge in [-0.05, 0) is 35.9 Å². The molecular weight excluding hydrogens is 418 g/mol. The van der Waals surface area contributed by atoms with Crippen molar-refractivity contribution in [3.8, 4) is 6.07 Å². The Morgan fingerprint density at radius 2 is 1.47 bits per heavy atom. The number of carboxylic acids is 1. The van der Waals surface area contributed by atoms with Crippen molar-refractivity contribution in [3.63, 3.8) is 0 Å². The second kappa shape index (κ2) is 8.44. The Kier molecular flexibility index (Phi) is 6.40. The molecule has 0 spiro atoms. The third-order valence-corrected chi connectivity index (χ3v) is 3.98. The normalized spacial score (nSPS) is 12.7. The molecule has 1 atom stereocenters. The van der Waals surface area contributed by atoms with Crippen molar-refractivity contribution in [1.82, 2.24) is 5.32 Å². The lowest BCUT2D eigenvalue weighted by atomic mass is 10.0. The van der Waals surface area contributed by atoms with Crippen LogP contribution in [0.2, 0.25) is 0 Å². The van der Waals surface area contributed by atoms with E-state index in [2.05, 4.69) is 0 Å². The predicted octanol–water partition coefficient (Wildman–Crippen LogP) is 4.02. The molecule has 0 aliphatic heterocycles. The number of carbonyl (C=O) groups is 2. The summed E-state index contributed by atoms with van der Waals surface area (Å²) in [6.45, 7) is 0. The van der Waals surface area contributed by atoms with E-state index < -0.39 is 47.0 Å². The minimum absolute atomic E-state index is 0.137. The molecule has 0 aliphatic carbocycles. The molecule has 5 nitrogen and oxygen atoms in total. The van der Waals surface area contributed by atoms with Crippen molar-refractivity contribution in [1.29, 1.82) is 5.26 Å². The molecule has 0 aliphatic rings. The number of carboxylic acid groups (broad SMARTS) is 1. The lowest BCUT2D eigenvalue weighted by Gasteiger charge is -2.17. The van der Waals surface area contributed by atoms with Gasteiger partial charge in [0.05, 0.1) is 22.8 Å². The van der Waals surface area contributed by atoms with Crippen LogP contribution in [0.15, 0.2) is 42.5 Å². The number of hydrogen-bond acceptors (Lipinski definition) is 3. The molecule has 2 aromatic rings. The summed E-state index contributed by atoms with van der Waals surface area (Å²) in [5.74, 6) is -2.96. The molecule has 2 N–H and O–H groups in total. The monoisotopic (exact) mass is 430 g/mol. The second-order valence-corrected chi connectivity index (χ2v) is 6.17. The smallest absolute Gasteiger partial charge is 0.416 e. The molecule has 11 heteroatoms. The third-order valence-electron chi connectivity index (χ3n) is 3.98. The van der Waals surface area contributed by atoms with Crippen LogP contribution in [0.25, 0.3) is 0 Å². The van der Waals surface area contributed by atoms with Crippen LogP contribution in [0.4, 0.5) is 26.3 Å². The van der Waals surface area contributed by atoms with Gasteiger partial charge in [0.25, 0.3) is 5.91 Å². The minimum atomic E-state index is -5.15. The first-order valence-electron chi connectivity index (χ1n) is 8.13. The van der Waals surface area contributed by atoms with Crippen molar-refractivity contribution < 1.29 is 41.0 Å². The summed E-state index contributed by atoms with van der Waals surface area (Å²) in [4.78, 5) is 23.7. The number of benzene rings is 2. The number of aliphatic carboxylic acids is 1. The Morgan fingerprint density at radius 1 is 0.967 bits per heavy atom. The second-order valence-electron chi connectivity index (χ2n) is 6.17. The average Bonchev–Trinajstić information content (AvgIpc) is 2.66. The fourth-order valence-corrected chi connectivity index (χ4v) is 2.48. The molecule has 0 fully saturated rings. The summed E-state index contributed by atoms with van der Waals surface area (Å²) in [5, 5.41) is 19.9. The van der Waals surface area contributed by atoms with Gasteiger partial charge in [-0.2, -0.15) is 31.6 Å². The van der Waals surface area contributed by atoms with E-state index in [1.165, 1.54) is 24.3 Å². The first kappa shape index (κ1) is 22.7. The maximum Gasteiger partial charge on any atom is 0.416 e. The highest BCUT2D eigenvalue weighted by Gasteiger charge is 2.37. The van der Waals surface area contributed by atoms with Crippen LogP contribution >= 0.6 is 0 Å². The van der Waals surface area contributed by atoms with Gasteiger partial charge in [-0.1, -0.05) is 12.1 Å². The minimum Gasteiger partial charge on any atom is -0.480 e. The van der Waals surface area contributed by atoms with E-state index in [4.69, 9.17) is 5.26 Å². The van der Waals surface area contributed by atoms with Crippen LogP contribution in [0, 0.1) is 11.3 Å². The van der Waals surface area contributed by atoms with Crippen LogP contribution in [0.3, 0.4) is 0 Å². The molecule has 1 amide bonds. The fraction of sp³-hybridized carbons (Fsp3) is 0.211. The van der Waals surface area contributed by atoms with Gasteiger partial charge in [-0.25, -0.2) is 4.79 Å². The zero-order valence-corrected chi connectivity index (χ0v) is 14.8. The summed E-state index contributed by atoms with van der Waals surface area (Å²) in [7, 11) is 0. The highest BCUT2D eigenvalue weighted by Crippen LogP contribution is 2.36. The molecule has 0 aromatic heterocycles. The molecule has 158 valence electrons. The van der Waals surface area contributed by atoms with E-state index in [0.717, 1.165) is 0 Å². The van der Waals surface area contributed by atoms with E-state index in [-0.39, 0.29) is 24.6 Å². The lowest BCUT2D eigenvalue weighted by Crippen LogP contribution is -2.42. The first-order chi connectivity index (χ1) is 13.8. The molecule has 0 radical (unpaired) electrons. The average molecular weight is 430 g/mol. The molecule has 30 heavy (non-hydrogen) atoms. The Bertz CT molecular complexity index is 959. The van der Waals surface area contributed by atoms with Crippen LogP contribution in [0.5, 0.6) is 0 Å². The molecule has 0 heterocycles. The molecule has 0 unspecified atom stereocenters. The largest absolute Gasteiger partial charge is 0.480 e. The fourth-order valence-electron chi connectivity index (χ4n) is 2.48. The van der Waals surface area contributed by atoms with E-state index in [0.29, 0.717) is 11.1 Å². The number of rotatable bonds is 5. The van der Waals surface area contributed by atoms with Gasteiger partial charge in [0.15, 0.2) is 0 Å². The topological polar surface area (TPSA) is 90.2 Å². The lowest BCUT2D eigenvalue weighted by molar-refractivity contribution is -0.143. The maximum absolute atomic E-state index is 12.9.